The van der Waals surface area contributed by atoms with Crippen LogP contribution in [-0.4, -0.2) is 24.8 Å². The van der Waals surface area contributed by atoms with Crippen LogP contribution in [0.2, 0.25) is 0 Å². The first-order valence-corrected chi connectivity index (χ1v) is 7.44. The third-order valence-corrected chi connectivity index (χ3v) is 2.41. The van der Waals surface area contributed by atoms with E-state index in [9.17, 15) is 0 Å². The summed E-state index contributed by atoms with van der Waals surface area (Å²) in [4.78, 5) is 11.3. The van der Waals surface area contributed by atoms with Gasteiger partial charge in [-0.25, -0.2) is 4.99 Å². The van der Waals surface area contributed by atoms with Gasteiger partial charge in [0.25, 0.3) is 0 Å². The molecule has 0 saturated heterocycles. The van der Waals surface area contributed by atoms with Crippen LogP contribution in [0.4, 0.5) is 0 Å². The number of allylic oxidation sites excluding steroid dienone is 2. The average Bonchev–Trinajstić information content (AvgIpc) is 2.55. The fraction of sp³-hybridized carbons (Fsp3) is 0.278. The minimum atomic E-state index is 0.228. The predicted octanol–water partition coefficient (Wildman–Crippen LogP) is 5.44. The number of hydrogen-bond donors (Lipinski definition) is 0. The topological polar surface area (TPSA) is 37.1 Å². The summed E-state index contributed by atoms with van der Waals surface area (Å²) in [5, 5.41) is 0.228. The molecule has 1 rings (SSSR count). The van der Waals surface area contributed by atoms with Crippen LogP contribution in [-0.2, 0) is 0 Å². The van der Waals surface area contributed by atoms with Crippen molar-refractivity contribution in [3.63, 3.8) is 0 Å². The van der Waals surface area contributed by atoms with Crippen LogP contribution >= 0.6 is 11.6 Å². The third-order valence-electron chi connectivity index (χ3n) is 2.16. The van der Waals surface area contributed by atoms with Crippen molar-refractivity contribution in [2.45, 2.75) is 27.7 Å². The molecule has 120 valence electrons. The fourth-order valence-corrected chi connectivity index (χ4v) is 1.38. The summed E-state index contributed by atoms with van der Waals surface area (Å²) in [6.07, 6.45) is 5.13. The van der Waals surface area contributed by atoms with Crippen molar-refractivity contribution >= 4 is 29.3 Å². The van der Waals surface area contributed by atoms with Gasteiger partial charge in [-0.05, 0) is 44.3 Å². The Morgan fingerprint density at radius 2 is 1.91 bits per heavy atom. The van der Waals surface area contributed by atoms with Gasteiger partial charge in [-0.15, -0.1) is 0 Å². The van der Waals surface area contributed by atoms with Gasteiger partial charge >= 0.3 is 0 Å². The maximum absolute atomic E-state index is 5.74. The second-order valence-corrected chi connectivity index (χ2v) is 4.07. The van der Waals surface area contributed by atoms with E-state index in [0.29, 0.717) is 0 Å². The van der Waals surface area contributed by atoms with Crippen LogP contribution in [0.1, 0.15) is 31.9 Å². The van der Waals surface area contributed by atoms with Crippen molar-refractivity contribution in [1.82, 2.24) is 0 Å². The molecule has 0 aromatic heterocycles. The van der Waals surface area contributed by atoms with Crippen molar-refractivity contribution in [1.29, 1.82) is 0 Å². The van der Waals surface area contributed by atoms with Crippen molar-refractivity contribution in [2.75, 3.05) is 7.05 Å². The molecular formula is C18H26ClN3. The lowest BCUT2D eigenvalue weighted by Crippen LogP contribution is -1.99. The number of nitrogens with zero attached hydrogens (tertiary/aromatic N) is 3. The second kappa shape index (κ2) is 15.4. The number of hydrogen-bond acceptors (Lipinski definition) is 2. The molecule has 0 atom stereocenters. The standard InChI is InChI=1S/C12H13ClN2.C4H7N.C2H6/c1-4-11(15-12(13)14-3)10-7-5-6-9(2)8-10;1-3-4-5-2;1-2/h4-8H,1H2,2-3H3;3-4H,2H2,1H3;1-2H3/b14-12?,15-11+;4-3-;. The van der Waals surface area contributed by atoms with Crippen LogP contribution in [0, 0.1) is 6.92 Å². The van der Waals surface area contributed by atoms with E-state index in [-0.39, 0.29) is 5.29 Å². The highest BCUT2D eigenvalue weighted by atomic mass is 35.5. The molecular weight excluding hydrogens is 294 g/mol. The first-order chi connectivity index (χ1) is 10.6. The molecule has 1 aromatic rings. The van der Waals surface area contributed by atoms with Gasteiger partial charge in [-0.2, -0.15) is 0 Å². The van der Waals surface area contributed by atoms with Gasteiger partial charge in [0.1, 0.15) is 0 Å². The van der Waals surface area contributed by atoms with E-state index in [1.165, 1.54) is 5.56 Å². The molecule has 0 aliphatic rings. The summed E-state index contributed by atoms with van der Waals surface area (Å²) in [5.74, 6) is 0. The van der Waals surface area contributed by atoms with E-state index in [0.717, 1.165) is 11.3 Å². The zero-order valence-corrected chi connectivity index (χ0v) is 14.9. The number of amidine groups is 1. The van der Waals surface area contributed by atoms with E-state index in [2.05, 4.69) is 28.3 Å². The molecule has 0 bridgehead atoms. The first-order valence-electron chi connectivity index (χ1n) is 7.06. The molecule has 0 fully saturated rings. The van der Waals surface area contributed by atoms with E-state index in [4.69, 9.17) is 11.6 Å². The molecule has 4 heteroatoms. The lowest BCUT2D eigenvalue weighted by molar-refractivity contribution is 1.42. The summed E-state index contributed by atoms with van der Waals surface area (Å²) < 4.78 is 0. The molecule has 0 N–H and O–H groups in total. The first kappa shape index (κ1) is 22.3. The van der Waals surface area contributed by atoms with E-state index in [1.54, 1.807) is 19.3 Å². The zero-order valence-electron chi connectivity index (χ0n) is 14.2. The highest BCUT2D eigenvalue weighted by Crippen LogP contribution is 2.07. The van der Waals surface area contributed by atoms with Crippen LogP contribution in [0.3, 0.4) is 0 Å². The number of benzene rings is 1. The Morgan fingerprint density at radius 3 is 2.27 bits per heavy atom. The predicted molar refractivity (Wildman–Crippen MR) is 103 cm³/mol. The summed E-state index contributed by atoms with van der Waals surface area (Å²) in [7, 11) is 1.60. The number of aliphatic imine (C=N–C) groups is 3. The summed E-state index contributed by atoms with van der Waals surface area (Å²) >= 11 is 5.74. The minimum Gasteiger partial charge on any atom is -0.273 e. The Bertz CT molecular complexity index is 529. The SMILES string of the molecule is C=C/C(=N\C(Cl)=NC)c1cccc(C)c1.C=N/C=C\C.CC. The van der Waals surface area contributed by atoms with Gasteiger partial charge in [-0.1, -0.05) is 50.3 Å². The maximum Gasteiger partial charge on any atom is 0.217 e. The van der Waals surface area contributed by atoms with Crippen LogP contribution < -0.4 is 0 Å². The van der Waals surface area contributed by atoms with Gasteiger partial charge in [-0.3, -0.25) is 9.98 Å². The largest absolute Gasteiger partial charge is 0.273 e. The second-order valence-electron chi connectivity index (χ2n) is 3.73. The van der Waals surface area contributed by atoms with Crippen molar-refractivity contribution in [3.8, 4) is 0 Å². The molecule has 0 saturated carbocycles. The average molecular weight is 320 g/mol. The Labute approximate surface area is 139 Å². The minimum absolute atomic E-state index is 0.228. The van der Waals surface area contributed by atoms with E-state index < -0.39 is 0 Å². The molecule has 1 aromatic carbocycles. The monoisotopic (exact) mass is 319 g/mol. The summed E-state index contributed by atoms with van der Waals surface area (Å²) in [6, 6.07) is 7.99. The van der Waals surface area contributed by atoms with Gasteiger partial charge in [0.2, 0.25) is 5.29 Å². The Kier molecular flexibility index (Phi) is 15.6. The van der Waals surface area contributed by atoms with Gasteiger partial charge in [0, 0.05) is 18.8 Å². The van der Waals surface area contributed by atoms with Crippen molar-refractivity contribution < 1.29 is 0 Å². The normalized spacial score (nSPS) is 11.0. The quantitative estimate of drug-likeness (QED) is 0.404. The van der Waals surface area contributed by atoms with Crippen molar-refractivity contribution in [3.05, 3.63) is 60.3 Å². The highest BCUT2D eigenvalue weighted by Gasteiger charge is 2.00. The lowest BCUT2D eigenvalue weighted by Gasteiger charge is -2.01. The van der Waals surface area contributed by atoms with Crippen molar-refractivity contribution in [2.24, 2.45) is 15.0 Å². The molecule has 0 aliphatic heterocycles. The molecule has 0 spiro atoms. The van der Waals surface area contributed by atoms with Gasteiger partial charge in [0.05, 0.1) is 5.71 Å². The maximum atomic E-state index is 5.74. The van der Waals surface area contributed by atoms with E-state index >= 15 is 0 Å². The smallest absolute Gasteiger partial charge is 0.217 e. The molecule has 0 aliphatic carbocycles. The van der Waals surface area contributed by atoms with Crippen LogP contribution in [0.15, 0.2) is 64.2 Å². The highest BCUT2D eigenvalue weighted by molar-refractivity contribution is 6.65. The molecule has 22 heavy (non-hydrogen) atoms. The molecule has 0 radical (unpaired) electrons. The molecule has 0 unspecified atom stereocenters. The molecule has 3 nitrogen and oxygen atoms in total. The van der Waals surface area contributed by atoms with E-state index in [1.807, 2.05) is 58.0 Å². The Balaban J connectivity index is 0. The summed E-state index contributed by atoms with van der Waals surface area (Å²) in [5.41, 5.74) is 2.90. The number of aryl methyl sites for hydroxylation is 1. The Morgan fingerprint density at radius 1 is 1.27 bits per heavy atom. The molecule has 0 amide bonds. The van der Waals surface area contributed by atoms with Gasteiger partial charge in [0.15, 0.2) is 0 Å². The zero-order chi connectivity index (χ0) is 17.4. The molecule has 0 heterocycles. The van der Waals surface area contributed by atoms with Crippen LogP contribution in [0.25, 0.3) is 0 Å². The van der Waals surface area contributed by atoms with Crippen LogP contribution in [0.5, 0.6) is 0 Å². The third kappa shape index (κ3) is 10.7. The van der Waals surface area contributed by atoms with Gasteiger partial charge < -0.3 is 0 Å². The summed E-state index contributed by atoms with van der Waals surface area (Å²) in [6.45, 7) is 14.8. The Hall–Kier alpha value is -2.00. The fourth-order valence-electron chi connectivity index (χ4n) is 1.29. The number of halogens is 1. The lowest BCUT2D eigenvalue weighted by atomic mass is 10.1. The number of rotatable bonds is 3.